The first kappa shape index (κ1) is 11.0. The summed E-state index contributed by atoms with van der Waals surface area (Å²) in [5, 5.41) is -0.0557. The van der Waals surface area contributed by atoms with E-state index in [0.29, 0.717) is 5.56 Å². The molecule has 76 valence electrons. The molecule has 0 atom stereocenters. The van der Waals surface area contributed by atoms with Crippen molar-refractivity contribution in [2.45, 2.75) is 13.3 Å². The molecule has 0 amide bonds. The van der Waals surface area contributed by atoms with Crippen molar-refractivity contribution in [3.63, 3.8) is 0 Å². The normalized spacial score (nSPS) is 10.0. The maximum atomic E-state index is 13.2. The maximum absolute atomic E-state index is 13.2. The van der Waals surface area contributed by atoms with E-state index in [-0.39, 0.29) is 23.0 Å². The Morgan fingerprint density at radius 2 is 2.21 bits per heavy atom. The second-order valence-electron chi connectivity index (χ2n) is 2.97. The molecule has 1 rings (SSSR count). The molecule has 1 aromatic rings. The Labute approximate surface area is 86.6 Å². The molecule has 0 saturated carbocycles. The highest BCUT2D eigenvalue weighted by atomic mass is 35.5. The van der Waals surface area contributed by atoms with Crippen LogP contribution in [0.2, 0.25) is 5.02 Å². The number of hydrogen-bond donors (Lipinski definition) is 0. The zero-order valence-corrected chi connectivity index (χ0v) is 8.69. The smallest absolute Gasteiger partial charge is 0.145 e. The number of carbonyl (C=O) groups is 1. The number of halogens is 2. The van der Waals surface area contributed by atoms with Gasteiger partial charge in [0.1, 0.15) is 22.4 Å². The molecule has 0 unspecified atom stereocenters. The minimum Gasteiger partial charge on any atom is -0.495 e. The van der Waals surface area contributed by atoms with Gasteiger partial charge in [-0.05, 0) is 24.6 Å². The number of rotatable bonds is 3. The van der Waals surface area contributed by atoms with Gasteiger partial charge < -0.3 is 4.74 Å². The Morgan fingerprint density at radius 3 is 2.71 bits per heavy atom. The van der Waals surface area contributed by atoms with Crippen molar-refractivity contribution in [2.75, 3.05) is 7.11 Å². The van der Waals surface area contributed by atoms with Gasteiger partial charge in [-0.15, -0.1) is 0 Å². The Hall–Kier alpha value is -1.09. The maximum Gasteiger partial charge on any atom is 0.145 e. The van der Waals surface area contributed by atoms with E-state index in [2.05, 4.69) is 0 Å². The molecule has 0 saturated heterocycles. The highest BCUT2D eigenvalue weighted by Gasteiger charge is 2.10. The molecule has 0 aliphatic rings. The van der Waals surface area contributed by atoms with Crippen LogP contribution in [0.15, 0.2) is 12.1 Å². The van der Waals surface area contributed by atoms with Crippen LogP contribution in [0, 0.1) is 5.82 Å². The third kappa shape index (κ3) is 2.45. The van der Waals surface area contributed by atoms with E-state index < -0.39 is 5.82 Å². The Morgan fingerprint density at radius 1 is 1.57 bits per heavy atom. The molecule has 1 aromatic carbocycles. The van der Waals surface area contributed by atoms with E-state index in [1.807, 2.05) is 0 Å². The first-order valence-electron chi connectivity index (χ1n) is 4.06. The topological polar surface area (TPSA) is 26.3 Å². The van der Waals surface area contributed by atoms with Crippen LogP contribution in [-0.2, 0) is 11.2 Å². The third-order valence-corrected chi connectivity index (χ3v) is 2.09. The molecule has 0 aliphatic carbocycles. The lowest BCUT2D eigenvalue weighted by atomic mass is 10.1. The van der Waals surface area contributed by atoms with Crippen LogP contribution in [0.1, 0.15) is 12.5 Å². The highest BCUT2D eigenvalue weighted by Crippen LogP contribution is 2.28. The van der Waals surface area contributed by atoms with Crippen molar-refractivity contribution < 1.29 is 13.9 Å². The lowest BCUT2D eigenvalue weighted by Gasteiger charge is -2.06. The van der Waals surface area contributed by atoms with Gasteiger partial charge in [0, 0.05) is 6.42 Å². The fraction of sp³-hybridized carbons (Fsp3) is 0.300. The predicted octanol–water partition coefficient (Wildman–Crippen LogP) is 2.62. The van der Waals surface area contributed by atoms with Crippen LogP contribution in [-0.4, -0.2) is 12.9 Å². The minimum atomic E-state index is -0.567. The third-order valence-electron chi connectivity index (χ3n) is 1.73. The van der Waals surface area contributed by atoms with Gasteiger partial charge in [-0.2, -0.15) is 0 Å². The van der Waals surface area contributed by atoms with Crippen LogP contribution >= 0.6 is 11.6 Å². The van der Waals surface area contributed by atoms with Crippen molar-refractivity contribution in [1.82, 2.24) is 0 Å². The van der Waals surface area contributed by atoms with Crippen molar-refractivity contribution in [2.24, 2.45) is 0 Å². The molecule has 14 heavy (non-hydrogen) atoms. The van der Waals surface area contributed by atoms with Gasteiger partial charge in [0.05, 0.1) is 7.11 Å². The predicted molar refractivity (Wildman–Crippen MR) is 52.3 cm³/mol. The number of hydrogen-bond acceptors (Lipinski definition) is 2. The van der Waals surface area contributed by atoms with E-state index in [1.165, 1.54) is 20.1 Å². The monoisotopic (exact) mass is 216 g/mol. The van der Waals surface area contributed by atoms with Gasteiger partial charge in [-0.3, -0.25) is 4.79 Å². The van der Waals surface area contributed by atoms with Crippen LogP contribution in [0.5, 0.6) is 5.75 Å². The van der Waals surface area contributed by atoms with E-state index in [0.717, 1.165) is 0 Å². The van der Waals surface area contributed by atoms with Crippen molar-refractivity contribution in [3.8, 4) is 5.75 Å². The molecule has 0 aliphatic heterocycles. The highest BCUT2D eigenvalue weighted by molar-refractivity contribution is 6.32. The average molecular weight is 217 g/mol. The quantitative estimate of drug-likeness (QED) is 0.777. The number of carbonyl (C=O) groups excluding carboxylic acids is 1. The summed E-state index contributed by atoms with van der Waals surface area (Å²) in [4.78, 5) is 10.8. The van der Waals surface area contributed by atoms with Gasteiger partial charge in [0.2, 0.25) is 0 Å². The van der Waals surface area contributed by atoms with Crippen LogP contribution in [0.25, 0.3) is 0 Å². The standard InChI is InChI=1S/C10H10ClFO2/c1-6(13)3-7-4-8(12)10(11)9(5-7)14-2/h4-5H,3H2,1-2H3. The molecule has 2 nitrogen and oxygen atoms in total. The van der Waals surface area contributed by atoms with E-state index in [1.54, 1.807) is 6.07 Å². The van der Waals surface area contributed by atoms with Gasteiger partial charge in [0.15, 0.2) is 0 Å². The molecule has 0 N–H and O–H groups in total. The van der Waals surface area contributed by atoms with E-state index >= 15 is 0 Å². The summed E-state index contributed by atoms with van der Waals surface area (Å²) in [5.41, 5.74) is 0.566. The summed E-state index contributed by atoms with van der Waals surface area (Å²) in [6.45, 7) is 1.44. The fourth-order valence-electron chi connectivity index (χ4n) is 1.16. The molecule has 0 spiro atoms. The summed E-state index contributed by atoms with van der Waals surface area (Å²) < 4.78 is 18.0. The first-order valence-corrected chi connectivity index (χ1v) is 4.43. The van der Waals surface area contributed by atoms with E-state index in [4.69, 9.17) is 16.3 Å². The van der Waals surface area contributed by atoms with Gasteiger partial charge in [-0.25, -0.2) is 4.39 Å². The Kier molecular flexibility index (Phi) is 3.47. The van der Waals surface area contributed by atoms with E-state index in [9.17, 15) is 9.18 Å². The fourth-order valence-corrected chi connectivity index (χ4v) is 1.34. The molecule has 0 heterocycles. The molecule has 0 aromatic heterocycles. The minimum absolute atomic E-state index is 0.0335. The SMILES string of the molecule is COc1cc(CC(C)=O)cc(F)c1Cl. The Balaban J connectivity index is 3.09. The number of methoxy groups -OCH3 is 1. The van der Waals surface area contributed by atoms with Crippen LogP contribution < -0.4 is 4.74 Å². The number of benzene rings is 1. The number of Topliss-reactive ketones (excluding diaryl/α,β-unsaturated/α-hetero) is 1. The Bertz CT molecular complexity index is 363. The summed E-state index contributed by atoms with van der Waals surface area (Å²) >= 11 is 5.62. The lowest BCUT2D eigenvalue weighted by Crippen LogP contribution is -1.98. The number of ketones is 1. The van der Waals surface area contributed by atoms with Gasteiger partial charge >= 0.3 is 0 Å². The van der Waals surface area contributed by atoms with Crippen molar-refractivity contribution in [3.05, 3.63) is 28.5 Å². The van der Waals surface area contributed by atoms with Crippen LogP contribution in [0.3, 0.4) is 0 Å². The summed E-state index contributed by atoms with van der Waals surface area (Å²) in [6, 6.07) is 2.80. The molecular formula is C10H10ClFO2. The van der Waals surface area contributed by atoms with Crippen molar-refractivity contribution >= 4 is 17.4 Å². The van der Waals surface area contributed by atoms with Gasteiger partial charge in [-0.1, -0.05) is 11.6 Å². The molecule has 0 fully saturated rings. The second-order valence-corrected chi connectivity index (χ2v) is 3.35. The second kappa shape index (κ2) is 4.42. The van der Waals surface area contributed by atoms with Crippen LogP contribution in [0.4, 0.5) is 4.39 Å². The molecular weight excluding hydrogens is 207 g/mol. The summed E-state index contributed by atoms with van der Waals surface area (Å²) in [5.74, 6) is -0.348. The summed E-state index contributed by atoms with van der Waals surface area (Å²) in [7, 11) is 1.40. The first-order chi connectivity index (χ1) is 6.54. The van der Waals surface area contributed by atoms with Gasteiger partial charge in [0.25, 0.3) is 0 Å². The zero-order valence-electron chi connectivity index (χ0n) is 7.93. The largest absolute Gasteiger partial charge is 0.495 e. The molecule has 4 heteroatoms. The van der Waals surface area contributed by atoms with Crippen molar-refractivity contribution in [1.29, 1.82) is 0 Å². The lowest BCUT2D eigenvalue weighted by molar-refractivity contribution is -0.116. The summed E-state index contributed by atoms with van der Waals surface area (Å²) in [6.07, 6.45) is 0.185. The zero-order chi connectivity index (χ0) is 10.7. The average Bonchev–Trinajstić information content (AvgIpc) is 2.10. The molecule has 0 radical (unpaired) electrons. The number of ether oxygens (including phenoxy) is 1. The molecule has 0 bridgehead atoms.